The third kappa shape index (κ3) is 4.11. The van der Waals surface area contributed by atoms with E-state index in [0.29, 0.717) is 12.3 Å². The first-order chi connectivity index (χ1) is 14.6. The number of hydrogen-bond acceptors (Lipinski definition) is 5. The van der Waals surface area contributed by atoms with Crippen molar-refractivity contribution in [3.63, 3.8) is 0 Å². The minimum absolute atomic E-state index is 0.145. The summed E-state index contributed by atoms with van der Waals surface area (Å²) in [7, 11) is 0. The van der Waals surface area contributed by atoms with E-state index >= 15 is 0 Å². The monoisotopic (exact) mass is 421 g/mol. The summed E-state index contributed by atoms with van der Waals surface area (Å²) in [6.07, 6.45) is 0.979. The molecule has 0 bridgehead atoms. The predicted octanol–water partition coefficient (Wildman–Crippen LogP) is 5.59. The number of furan rings is 1. The zero-order chi connectivity index (χ0) is 21.1. The van der Waals surface area contributed by atoms with Crippen LogP contribution in [0.25, 0.3) is 21.2 Å². The van der Waals surface area contributed by atoms with Crippen molar-refractivity contribution in [1.29, 1.82) is 0 Å². The van der Waals surface area contributed by atoms with E-state index in [1.165, 1.54) is 5.56 Å². The van der Waals surface area contributed by atoms with Crippen molar-refractivity contribution < 1.29 is 9.21 Å². The molecule has 0 N–H and O–H groups in total. The van der Waals surface area contributed by atoms with Crippen molar-refractivity contribution in [2.24, 2.45) is 0 Å². The van der Waals surface area contributed by atoms with Gasteiger partial charge < -0.3 is 9.32 Å². The summed E-state index contributed by atoms with van der Waals surface area (Å²) < 4.78 is 6.98. The van der Waals surface area contributed by atoms with Crippen LogP contribution in [-0.2, 0) is 6.42 Å². The Balaban J connectivity index is 1.70. The lowest BCUT2D eigenvalue weighted by Crippen LogP contribution is -2.38. The fourth-order valence-electron chi connectivity index (χ4n) is 3.58. The molecule has 4 aromatic rings. The average molecular weight is 422 g/mol. The van der Waals surface area contributed by atoms with Crippen molar-refractivity contribution in [3.05, 3.63) is 59.9 Å². The van der Waals surface area contributed by atoms with Gasteiger partial charge in [0.1, 0.15) is 5.58 Å². The van der Waals surface area contributed by atoms with Gasteiger partial charge in [0.25, 0.3) is 5.91 Å². The Labute approximate surface area is 180 Å². The number of aryl methyl sites for hydroxylation is 1. The maximum Gasteiger partial charge on any atom is 0.295 e. The van der Waals surface area contributed by atoms with Crippen LogP contribution in [0.2, 0.25) is 0 Å². The van der Waals surface area contributed by atoms with E-state index in [0.717, 1.165) is 52.4 Å². The van der Waals surface area contributed by atoms with Crippen LogP contribution in [0.4, 0.5) is 5.13 Å². The summed E-state index contributed by atoms with van der Waals surface area (Å²) in [6, 6.07) is 15.8. The lowest BCUT2D eigenvalue weighted by Gasteiger charge is -2.24. The van der Waals surface area contributed by atoms with Crippen LogP contribution >= 0.6 is 11.3 Å². The second-order valence-electron chi connectivity index (χ2n) is 7.28. The smallest absolute Gasteiger partial charge is 0.295 e. The number of nitrogens with zero attached hydrogens (tertiary/aromatic N) is 3. The van der Waals surface area contributed by atoms with E-state index < -0.39 is 0 Å². The molecule has 0 unspecified atom stereocenters. The fraction of sp³-hybridized carbons (Fsp3) is 0.333. The first-order valence-corrected chi connectivity index (χ1v) is 11.4. The number of fused-ring (bicyclic) bond motifs is 2. The van der Waals surface area contributed by atoms with Crippen LogP contribution < -0.4 is 4.90 Å². The Bertz CT molecular complexity index is 1130. The van der Waals surface area contributed by atoms with E-state index in [1.54, 1.807) is 16.2 Å². The Hall–Kier alpha value is -2.70. The van der Waals surface area contributed by atoms with Gasteiger partial charge in [-0.05, 0) is 49.3 Å². The number of aromatic nitrogens is 1. The Morgan fingerprint density at radius 2 is 1.83 bits per heavy atom. The lowest BCUT2D eigenvalue weighted by atomic mass is 10.2. The number of rotatable bonds is 8. The van der Waals surface area contributed by atoms with Crippen molar-refractivity contribution in [2.45, 2.75) is 27.2 Å². The van der Waals surface area contributed by atoms with E-state index in [4.69, 9.17) is 9.40 Å². The maximum absolute atomic E-state index is 13.5. The Morgan fingerprint density at radius 1 is 1.03 bits per heavy atom. The first kappa shape index (κ1) is 20.6. The average Bonchev–Trinajstić information content (AvgIpc) is 3.39. The summed E-state index contributed by atoms with van der Waals surface area (Å²) in [5, 5.41) is 1.65. The predicted molar refractivity (Wildman–Crippen MR) is 125 cm³/mol. The van der Waals surface area contributed by atoms with Gasteiger partial charge in [-0.3, -0.25) is 9.69 Å². The maximum atomic E-state index is 13.5. The van der Waals surface area contributed by atoms with Crippen LogP contribution in [0.15, 0.2) is 52.9 Å². The zero-order valence-electron chi connectivity index (χ0n) is 17.7. The molecule has 156 valence electrons. The molecule has 0 saturated carbocycles. The lowest BCUT2D eigenvalue weighted by molar-refractivity contribution is 0.0959. The molecule has 2 aromatic carbocycles. The van der Waals surface area contributed by atoms with Crippen molar-refractivity contribution in [2.75, 3.05) is 31.1 Å². The Kier molecular flexibility index (Phi) is 6.16. The largest absolute Gasteiger partial charge is 0.451 e. The molecule has 1 amide bonds. The fourth-order valence-corrected chi connectivity index (χ4v) is 4.63. The molecule has 2 heterocycles. The van der Waals surface area contributed by atoms with Gasteiger partial charge in [0.05, 0.1) is 10.2 Å². The number of carbonyl (C=O) groups excluding carboxylic acids is 1. The van der Waals surface area contributed by atoms with Gasteiger partial charge >= 0.3 is 0 Å². The molecule has 6 heteroatoms. The number of para-hydroxylation sites is 1. The minimum atomic E-state index is -0.145. The molecule has 4 rings (SSSR count). The number of hydrogen-bond donors (Lipinski definition) is 0. The molecule has 0 aliphatic carbocycles. The van der Waals surface area contributed by atoms with Crippen LogP contribution in [0, 0.1) is 0 Å². The van der Waals surface area contributed by atoms with Gasteiger partial charge in [0.2, 0.25) is 0 Å². The second kappa shape index (κ2) is 8.98. The number of amides is 1. The summed E-state index contributed by atoms with van der Waals surface area (Å²) >= 11 is 1.57. The second-order valence-corrected chi connectivity index (χ2v) is 8.29. The van der Waals surface area contributed by atoms with E-state index in [-0.39, 0.29) is 5.91 Å². The van der Waals surface area contributed by atoms with Gasteiger partial charge in [0.15, 0.2) is 10.9 Å². The van der Waals surface area contributed by atoms with E-state index in [1.807, 2.05) is 36.4 Å². The molecule has 2 aromatic heterocycles. The highest BCUT2D eigenvalue weighted by Gasteiger charge is 2.25. The number of thiazole rings is 1. The molecular formula is C24H27N3O2S. The molecule has 0 saturated heterocycles. The number of anilines is 1. The summed E-state index contributed by atoms with van der Waals surface area (Å²) in [4.78, 5) is 22.3. The van der Waals surface area contributed by atoms with Crippen molar-refractivity contribution in [3.8, 4) is 0 Å². The molecule has 0 fully saturated rings. The highest BCUT2D eigenvalue weighted by Crippen LogP contribution is 2.31. The third-order valence-corrected chi connectivity index (χ3v) is 6.54. The summed E-state index contributed by atoms with van der Waals surface area (Å²) in [6.45, 7) is 9.67. The Morgan fingerprint density at radius 3 is 2.57 bits per heavy atom. The topological polar surface area (TPSA) is 49.6 Å². The van der Waals surface area contributed by atoms with Crippen molar-refractivity contribution >= 4 is 43.6 Å². The molecular weight excluding hydrogens is 394 g/mol. The van der Waals surface area contributed by atoms with Crippen LogP contribution in [0.5, 0.6) is 0 Å². The van der Waals surface area contributed by atoms with Gasteiger partial charge in [-0.15, -0.1) is 0 Å². The van der Waals surface area contributed by atoms with Crippen LogP contribution in [0.3, 0.4) is 0 Å². The van der Waals surface area contributed by atoms with Crippen molar-refractivity contribution in [1.82, 2.24) is 9.88 Å². The third-order valence-electron chi connectivity index (χ3n) is 5.50. The van der Waals surface area contributed by atoms with Gasteiger partial charge in [-0.25, -0.2) is 4.98 Å². The number of likely N-dealkylation sites (N-methyl/N-ethyl adjacent to an activating group) is 1. The molecule has 0 aliphatic rings. The van der Waals surface area contributed by atoms with Gasteiger partial charge in [-0.2, -0.15) is 0 Å². The van der Waals surface area contributed by atoms with Gasteiger partial charge in [-0.1, -0.05) is 56.4 Å². The SMILES string of the molecule is CCc1ccc2nc(N(CCN(CC)CC)C(=O)c3cc4ccccc4o3)sc2c1. The molecule has 30 heavy (non-hydrogen) atoms. The first-order valence-electron chi connectivity index (χ1n) is 10.5. The zero-order valence-corrected chi connectivity index (χ0v) is 18.5. The normalized spacial score (nSPS) is 11.6. The van der Waals surface area contributed by atoms with Crippen LogP contribution in [-0.4, -0.2) is 42.0 Å². The summed E-state index contributed by atoms with van der Waals surface area (Å²) in [5.74, 6) is 0.206. The molecule has 0 radical (unpaired) electrons. The number of benzene rings is 2. The minimum Gasteiger partial charge on any atom is -0.451 e. The van der Waals surface area contributed by atoms with Crippen LogP contribution in [0.1, 0.15) is 36.9 Å². The highest BCUT2D eigenvalue weighted by atomic mass is 32.1. The highest BCUT2D eigenvalue weighted by molar-refractivity contribution is 7.22. The van der Waals surface area contributed by atoms with Gasteiger partial charge in [0, 0.05) is 18.5 Å². The molecule has 0 aliphatic heterocycles. The van der Waals surface area contributed by atoms with E-state index in [9.17, 15) is 4.79 Å². The summed E-state index contributed by atoms with van der Waals surface area (Å²) in [5.41, 5.74) is 2.93. The molecule has 0 atom stereocenters. The molecule has 5 nitrogen and oxygen atoms in total. The number of carbonyl (C=O) groups is 1. The standard InChI is InChI=1S/C24H27N3O2S/c1-4-17-11-12-19-22(15-17)30-24(25-19)27(14-13-26(5-2)6-3)23(28)21-16-18-9-7-8-10-20(18)29-21/h7-12,15-16H,4-6,13-14H2,1-3H3. The van der Waals surface area contributed by atoms with E-state index in [2.05, 4.69) is 37.8 Å². The quantitative estimate of drug-likeness (QED) is 0.372. The molecule has 0 spiro atoms.